The zero-order valence-electron chi connectivity index (χ0n) is 25.0. The van der Waals surface area contributed by atoms with E-state index in [0.717, 1.165) is 31.2 Å². The van der Waals surface area contributed by atoms with Gasteiger partial charge in [-0.3, -0.25) is 19.4 Å². The topological polar surface area (TPSA) is 71.8 Å². The molecule has 230 valence electrons. The van der Waals surface area contributed by atoms with Gasteiger partial charge in [0.05, 0.1) is 32.8 Å². The number of carbonyl (C=O) groups excluding carboxylic acids is 2. The van der Waals surface area contributed by atoms with Crippen LogP contribution in [0.2, 0.25) is 0 Å². The molecule has 12 heteroatoms. The van der Waals surface area contributed by atoms with Crippen molar-refractivity contribution in [2.75, 3.05) is 37.0 Å². The molecule has 0 bridgehead atoms. The minimum absolute atomic E-state index is 0.0850. The van der Waals surface area contributed by atoms with E-state index < -0.39 is 0 Å². The largest absolute Gasteiger partial charge is 0.337 e. The van der Waals surface area contributed by atoms with Crippen molar-refractivity contribution < 1.29 is 9.59 Å². The van der Waals surface area contributed by atoms with Gasteiger partial charge in [0, 0.05) is 37.0 Å². The molecule has 2 saturated heterocycles. The Morgan fingerprint density at radius 1 is 0.609 bits per heavy atom. The number of hydrogen-bond acceptors (Lipinski definition) is 10. The number of para-hydroxylation sites is 2. The van der Waals surface area contributed by atoms with Crippen LogP contribution in [0.15, 0.2) is 138 Å². The lowest BCUT2D eigenvalue weighted by Crippen LogP contribution is -2.29. The first-order chi connectivity index (χ1) is 22.4. The van der Waals surface area contributed by atoms with E-state index in [1.54, 1.807) is 45.5 Å². The second-order valence-electron chi connectivity index (χ2n) is 10.4. The number of rotatable bonds is 6. The van der Waals surface area contributed by atoms with E-state index in [1.165, 1.54) is 23.5 Å². The summed E-state index contributed by atoms with van der Waals surface area (Å²) in [5.41, 5.74) is 3.55. The number of fused-ring (bicyclic) bond motifs is 2. The summed E-state index contributed by atoms with van der Waals surface area (Å²) < 4.78 is 0. The highest BCUT2D eigenvalue weighted by Gasteiger charge is 2.40. The Labute approximate surface area is 284 Å². The molecule has 8 nitrogen and oxygen atoms in total. The van der Waals surface area contributed by atoms with Crippen molar-refractivity contribution in [2.24, 2.45) is 9.98 Å². The van der Waals surface area contributed by atoms with Crippen molar-refractivity contribution in [1.82, 2.24) is 9.80 Å². The molecule has 0 spiro atoms. The van der Waals surface area contributed by atoms with Gasteiger partial charge in [0.25, 0.3) is 11.8 Å². The number of anilines is 2. The van der Waals surface area contributed by atoms with Crippen LogP contribution < -0.4 is 9.80 Å². The SMILES string of the molecule is C=CCN1C(=O)/C(=C2/Sc3ccccc3N2C)SC1=Nc1ccc(N=C2S/C(=C3/Sc4ccccc4N3C)C(=O)N2CC=C)cc1. The molecule has 2 amide bonds. The minimum atomic E-state index is -0.0850. The maximum Gasteiger partial charge on any atom is 0.269 e. The lowest BCUT2D eigenvalue weighted by Gasteiger charge is -2.15. The average molecular weight is 681 g/mol. The molecule has 7 rings (SSSR count). The molecule has 2 fully saturated rings. The van der Waals surface area contributed by atoms with Crippen LogP contribution >= 0.6 is 47.0 Å². The highest BCUT2D eigenvalue weighted by atomic mass is 32.2. The highest BCUT2D eigenvalue weighted by Crippen LogP contribution is 2.51. The third kappa shape index (κ3) is 5.38. The Bertz CT molecular complexity index is 1790. The summed E-state index contributed by atoms with van der Waals surface area (Å²) in [6, 6.07) is 23.7. The fourth-order valence-electron chi connectivity index (χ4n) is 5.24. The molecule has 3 aromatic rings. The lowest BCUT2D eigenvalue weighted by molar-refractivity contribution is -0.122. The predicted molar refractivity (Wildman–Crippen MR) is 195 cm³/mol. The molecule has 0 aromatic heterocycles. The molecule has 0 saturated carbocycles. The monoisotopic (exact) mass is 680 g/mol. The van der Waals surface area contributed by atoms with Crippen molar-refractivity contribution in [1.29, 1.82) is 0 Å². The molecule has 0 aliphatic carbocycles. The summed E-state index contributed by atoms with van der Waals surface area (Å²) in [5, 5.41) is 2.99. The summed E-state index contributed by atoms with van der Waals surface area (Å²) in [6.07, 6.45) is 3.42. The van der Waals surface area contributed by atoms with Gasteiger partial charge in [-0.05, 0) is 72.1 Å². The van der Waals surface area contributed by atoms with Crippen LogP contribution in [0.25, 0.3) is 0 Å². The van der Waals surface area contributed by atoms with Crippen LogP contribution in [0.3, 0.4) is 0 Å². The van der Waals surface area contributed by atoms with Crippen molar-refractivity contribution in [3.63, 3.8) is 0 Å². The Kier molecular flexibility index (Phi) is 8.36. The quantitative estimate of drug-likeness (QED) is 0.192. The van der Waals surface area contributed by atoms with Gasteiger partial charge < -0.3 is 9.80 Å². The van der Waals surface area contributed by atoms with Gasteiger partial charge >= 0.3 is 0 Å². The van der Waals surface area contributed by atoms with Crippen molar-refractivity contribution in [2.45, 2.75) is 9.79 Å². The second kappa shape index (κ2) is 12.6. The van der Waals surface area contributed by atoms with Crippen LogP contribution in [-0.4, -0.2) is 59.1 Å². The smallest absolute Gasteiger partial charge is 0.269 e. The maximum absolute atomic E-state index is 13.6. The molecule has 3 aromatic carbocycles. The van der Waals surface area contributed by atoms with E-state index >= 15 is 0 Å². The highest BCUT2D eigenvalue weighted by molar-refractivity contribution is 8.19. The number of thioether (sulfide) groups is 4. The summed E-state index contributed by atoms with van der Waals surface area (Å²) >= 11 is 5.95. The zero-order valence-corrected chi connectivity index (χ0v) is 28.3. The predicted octanol–water partition coefficient (Wildman–Crippen LogP) is 8.01. The molecule has 46 heavy (non-hydrogen) atoms. The van der Waals surface area contributed by atoms with Crippen molar-refractivity contribution in [3.05, 3.63) is 118 Å². The third-order valence-corrected chi connectivity index (χ3v) is 12.4. The van der Waals surface area contributed by atoms with Crippen molar-refractivity contribution >= 4 is 91.9 Å². The lowest BCUT2D eigenvalue weighted by atomic mass is 10.3. The van der Waals surface area contributed by atoms with E-state index in [9.17, 15) is 9.59 Å². The van der Waals surface area contributed by atoms with Gasteiger partial charge in [0.15, 0.2) is 10.3 Å². The number of hydrogen-bond donors (Lipinski definition) is 0. The van der Waals surface area contributed by atoms with Crippen LogP contribution in [0.4, 0.5) is 22.7 Å². The number of aliphatic imine (C=N–C) groups is 2. The molecular weight excluding hydrogens is 653 g/mol. The first-order valence-electron chi connectivity index (χ1n) is 14.4. The first-order valence-corrected chi connectivity index (χ1v) is 17.6. The molecule has 0 radical (unpaired) electrons. The summed E-state index contributed by atoms with van der Waals surface area (Å²) in [5.74, 6) is -0.170. The first kappa shape index (κ1) is 30.5. The summed E-state index contributed by atoms with van der Waals surface area (Å²) in [4.78, 5) is 47.8. The van der Waals surface area contributed by atoms with E-state index in [4.69, 9.17) is 9.98 Å². The molecule has 4 aliphatic rings. The van der Waals surface area contributed by atoms with Gasteiger partial charge in [0.1, 0.15) is 9.81 Å². The summed E-state index contributed by atoms with van der Waals surface area (Å²) in [6.45, 7) is 8.42. The second-order valence-corrected chi connectivity index (χ2v) is 14.5. The Morgan fingerprint density at radius 3 is 1.37 bits per heavy atom. The van der Waals surface area contributed by atoms with Crippen LogP contribution in [0.1, 0.15) is 0 Å². The maximum atomic E-state index is 13.6. The molecule has 0 atom stereocenters. The summed E-state index contributed by atoms with van der Waals surface area (Å²) in [7, 11) is 3.97. The average Bonchev–Trinajstić information content (AvgIpc) is 3.77. The number of nitrogens with zero attached hydrogens (tertiary/aromatic N) is 6. The molecule has 0 N–H and O–H groups in total. The fourth-order valence-corrected chi connectivity index (χ4v) is 9.95. The molecule has 4 heterocycles. The molecule has 4 aliphatic heterocycles. The standard InChI is InChI=1S/C34H28N6O2S4/c1-5-19-39-29(41)27(31-37(3)23-11-7-9-13-25(23)43-31)45-33(39)35-21-15-17-22(18-16-21)36-34-40(20-6-2)30(42)28(46-34)32-38(4)24-12-8-10-14-26(24)44-32/h5-18H,1-2,19-20H2,3-4H3/b31-27-,32-28+,35-33?,36-34?. The zero-order chi connectivity index (χ0) is 31.9. The normalized spacial score (nSPS) is 22.5. The number of benzene rings is 3. The van der Waals surface area contributed by atoms with Gasteiger partial charge in [-0.15, -0.1) is 13.2 Å². The van der Waals surface area contributed by atoms with Crippen LogP contribution in [0.5, 0.6) is 0 Å². The fraction of sp³-hybridized carbons (Fsp3) is 0.118. The van der Waals surface area contributed by atoms with Gasteiger partial charge in [0.2, 0.25) is 0 Å². The third-order valence-electron chi connectivity index (χ3n) is 7.51. The van der Waals surface area contributed by atoms with E-state index in [2.05, 4.69) is 47.2 Å². The van der Waals surface area contributed by atoms with E-state index in [0.29, 0.717) is 44.6 Å². The number of amidine groups is 2. The molecule has 0 unspecified atom stereocenters. The Morgan fingerprint density at radius 2 is 1.00 bits per heavy atom. The van der Waals surface area contributed by atoms with Gasteiger partial charge in [-0.25, -0.2) is 9.98 Å². The van der Waals surface area contributed by atoms with Gasteiger partial charge in [-0.1, -0.05) is 59.9 Å². The van der Waals surface area contributed by atoms with E-state index in [-0.39, 0.29) is 11.8 Å². The number of amides is 2. The molecular formula is C34H28N6O2S4. The van der Waals surface area contributed by atoms with Gasteiger partial charge in [-0.2, -0.15) is 0 Å². The van der Waals surface area contributed by atoms with Crippen molar-refractivity contribution in [3.8, 4) is 0 Å². The Balaban J connectivity index is 1.15. The van der Waals surface area contributed by atoms with E-state index in [1.807, 2.05) is 62.6 Å². The van der Waals surface area contributed by atoms with Crippen LogP contribution in [-0.2, 0) is 9.59 Å². The Hall–Kier alpha value is -4.10. The minimum Gasteiger partial charge on any atom is -0.337 e. The number of carbonyl (C=O) groups is 2. The van der Waals surface area contributed by atoms with Crippen LogP contribution in [0, 0.1) is 0 Å².